The lowest BCUT2D eigenvalue weighted by atomic mass is 9.86. The quantitative estimate of drug-likeness (QED) is 0.708. The van der Waals surface area contributed by atoms with E-state index >= 15 is 0 Å². The lowest BCUT2D eigenvalue weighted by molar-refractivity contribution is -0.118. The highest BCUT2D eigenvalue weighted by Crippen LogP contribution is 2.50. The minimum Gasteiger partial charge on any atom is -0.496 e. The summed E-state index contributed by atoms with van der Waals surface area (Å²) in [5, 5.41) is 0. The summed E-state index contributed by atoms with van der Waals surface area (Å²) in [6.45, 7) is 0.164. The zero-order chi connectivity index (χ0) is 18.5. The van der Waals surface area contributed by atoms with Crippen molar-refractivity contribution in [1.82, 2.24) is 0 Å². The van der Waals surface area contributed by atoms with Crippen molar-refractivity contribution in [3.63, 3.8) is 0 Å². The number of amides is 1. The predicted molar refractivity (Wildman–Crippen MR) is 98.5 cm³/mol. The largest absolute Gasteiger partial charge is 0.496 e. The first-order valence-corrected chi connectivity index (χ1v) is 8.59. The van der Waals surface area contributed by atoms with Gasteiger partial charge in [0.15, 0.2) is 11.5 Å². The second-order valence-electron chi connectivity index (χ2n) is 6.53. The Bertz CT molecular complexity index is 1040. The predicted octanol–water partition coefficient (Wildman–Crippen LogP) is 3.79. The van der Waals surface area contributed by atoms with Gasteiger partial charge in [0.25, 0.3) is 0 Å². The standard InChI is InChI=1S/C21H17NO5/c1-22-15-5-3-4-13(12-6-7-25-10-12)19(15)20(21(22)23)14-8-17-18(27-11-26-17)9-16(14)24-2/h3-10,20H,11H2,1-2H3. The second kappa shape index (κ2) is 5.81. The molecule has 3 aromatic rings. The molecule has 3 heterocycles. The van der Waals surface area contributed by atoms with Gasteiger partial charge in [-0.15, -0.1) is 0 Å². The van der Waals surface area contributed by atoms with Crippen LogP contribution < -0.4 is 19.1 Å². The van der Waals surface area contributed by atoms with Crippen LogP contribution in [0.3, 0.4) is 0 Å². The number of carbonyl (C=O) groups excluding carboxylic acids is 1. The molecule has 0 bridgehead atoms. The number of hydrogen-bond donors (Lipinski definition) is 0. The third-order valence-corrected chi connectivity index (χ3v) is 5.18. The number of rotatable bonds is 3. The molecule has 0 N–H and O–H groups in total. The first kappa shape index (κ1) is 15.8. The number of likely N-dealkylation sites (N-methyl/N-ethyl adjacent to an activating group) is 1. The summed E-state index contributed by atoms with van der Waals surface area (Å²) in [6, 6.07) is 11.4. The number of hydrogen-bond acceptors (Lipinski definition) is 5. The van der Waals surface area contributed by atoms with Crippen molar-refractivity contribution in [2.45, 2.75) is 5.92 Å². The molecule has 5 rings (SSSR count). The molecule has 0 aliphatic carbocycles. The molecule has 136 valence electrons. The molecule has 6 heteroatoms. The van der Waals surface area contributed by atoms with Crippen LogP contribution in [0.1, 0.15) is 17.0 Å². The smallest absolute Gasteiger partial charge is 0.238 e. The molecule has 6 nitrogen and oxygen atoms in total. The van der Waals surface area contributed by atoms with E-state index in [1.54, 1.807) is 37.7 Å². The number of benzene rings is 2. The molecule has 0 fully saturated rings. The molecule has 1 unspecified atom stereocenters. The summed E-state index contributed by atoms with van der Waals surface area (Å²) >= 11 is 0. The van der Waals surface area contributed by atoms with Crippen molar-refractivity contribution in [2.24, 2.45) is 0 Å². The van der Waals surface area contributed by atoms with E-state index < -0.39 is 5.92 Å². The van der Waals surface area contributed by atoms with E-state index in [0.29, 0.717) is 17.2 Å². The van der Waals surface area contributed by atoms with Crippen LogP contribution in [0.5, 0.6) is 17.2 Å². The molecular weight excluding hydrogens is 346 g/mol. The average molecular weight is 363 g/mol. The summed E-state index contributed by atoms with van der Waals surface area (Å²) in [7, 11) is 3.38. The van der Waals surface area contributed by atoms with Crippen molar-refractivity contribution in [2.75, 3.05) is 25.9 Å². The molecule has 1 atom stereocenters. The lowest BCUT2D eigenvalue weighted by Gasteiger charge is -2.17. The Hall–Kier alpha value is -3.41. The number of fused-ring (bicyclic) bond motifs is 2. The Morgan fingerprint density at radius 2 is 1.96 bits per heavy atom. The Labute approximate surface area is 155 Å². The normalized spacial score (nSPS) is 17.3. The number of furan rings is 1. The molecule has 1 amide bonds. The number of ether oxygens (including phenoxy) is 3. The van der Waals surface area contributed by atoms with Crippen LogP contribution in [0.25, 0.3) is 11.1 Å². The first-order chi connectivity index (χ1) is 13.2. The maximum absolute atomic E-state index is 13.2. The summed E-state index contributed by atoms with van der Waals surface area (Å²) in [5.74, 6) is 1.33. The Kier molecular flexibility index (Phi) is 3.40. The van der Waals surface area contributed by atoms with Gasteiger partial charge in [-0.1, -0.05) is 12.1 Å². The van der Waals surface area contributed by atoms with Gasteiger partial charge in [-0.05, 0) is 23.8 Å². The molecule has 0 radical (unpaired) electrons. The number of methoxy groups -OCH3 is 1. The Morgan fingerprint density at radius 3 is 2.70 bits per heavy atom. The number of anilines is 1. The maximum atomic E-state index is 13.2. The van der Waals surface area contributed by atoms with Gasteiger partial charge in [0.1, 0.15) is 5.75 Å². The molecular formula is C21H17NO5. The Morgan fingerprint density at radius 1 is 1.15 bits per heavy atom. The van der Waals surface area contributed by atoms with Crippen LogP contribution in [0.15, 0.2) is 53.3 Å². The minimum absolute atomic E-state index is 0.0156. The van der Waals surface area contributed by atoms with Crippen LogP contribution in [0.4, 0.5) is 5.69 Å². The highest BCUT2D eigenvalue weighted by atomic mass is 16.7. The van der Waals surface area contributed by atoms with Crippen molar-refractivity contribution < 1.29 is 23.4 Å². The fourth-order valence-electron chi connectivity index (χ4n) is 3.88. The molecule has 1 aromatic heterocycles. The first-order valence-electron chi connectivity index (χ1n) is 8.59. The lowest BCUT2D eigenvalue weighted by Crippen LogP contribution is -2.24. The van der Waals surface area contributed by atoms with E-state index in [1.807, 2.05) is 30.3 Å². The van der Waals surface area contributed by atoms with E-state index in [-0.39, 0.29) is 12.7 Å². The highest BCUT2D eigenvalue weighted by molar-refractivity contribution is 6.09. The van der Waals surface area contributed by atoms with Gasteiger partial charge in [-0.2, -0.15) is 0 Å². The van der Waals surface area contributed by atoms with Gasteiger partial charge < -0.3 is 23.5 Å². The third-order valence-electron chi connectivity index (χ3n) is 5.18. The van der Waals surface area contributed by atoms with Crippen LogP contribution in [-0.4, -0.2) is 26.9 Å². The zero-order valence-corrected chi connectivity index (χ0v) is 14.9. The van der Waals surface area contributed by atoms with E-state index in [4.69, 9.17) is 18.6 Å². The fourth-order valence-corrected chi connectivity index (χ4v) is 3.88. The van der Waals surface area contributed by atoms with Crippen LogP contribution in [0.2, 0.25) is 0 Å². The van der Waals surface area contributed by atoms with Gasteiger partial charge >= 0.3 is 0 Å². The van der Waals surface area contributed by atoms with Crippen LogP contribution >= 0.6 is 0 Å². The topological polar surface area (TPSA) is 61.1 Å². The van der Waals surface area contributed by atoms with Crippen molar-refractivity contribution >= 4 is 11.6 Å². The highest BCUT2D eigenvalue weighted by Gasteiger charge is 2.40. The van der Waals surface area contributed by atoms with E-state index in [1.165, 1.54) is 0 Å². The SMILES string of the molecule is COc1cc2c(cc1C1C(=O)N(C)c3cccc(-c4ccoc4)c31)OCO2. The minimum atomic E-state index is -0.499. The van der Waals surface area contributed by atoms with Crippen molar-refractivity contribution in [3.8, 4) is 28.4 Å². The summed E-state index contributed by atoms with van der Waals surface area (Å²) in [6.07, 6.45) is 3.32. The van der Waals surface area contributed by atoms with Gasteiger partial charge in [0, 0.05) is 35.5 Å². The molecule has 0 saturated carbocycles. The molecule has 2 aliphatic heterocycles. The number of carbonyl (C=O) groups is 1. The third kappa shape index (κ3) is 2.23. The van der Waals surface area contributed by atoms with Crippen LogP contribution in [-0.2, 0) is 4.79 Å². The van der Waals surface area contributed by atoms with E-state index in [0.717, 1.165) is 27.9 Å². The molecule has 2 aliphatic rings. The maximum Gasteiger partial charge on any atom is 0.238 e. The monoisotopic (exact) mass is 363 g/mol. The molecule has 0 saturated heterocycles. The molecule has 2 aromatic carbocycles. The second-order valence-corrected chi connectivity index (χ2v) is 6.53. The van der Waals surface area contributed by atoms with Gasteiger partial charge in [0.05, 0.1) is 25.6 Å². The van der Waals surface area contributed by atoms with Gasteiger partial charge in [-0.3, -0.25) is 4.79 Å². The molecule has 27 heavy (non-hydrogen) atoms. The van der Waals surface area contributed by atoms with E-state index in [9.17, 15) is 4.79 Å². The summed E-state index contributed by atoms with van der Waals surface area (Å²) in [4.78, 5) is 14.9. The summed E-state index contributed by atoms with van der Waals surface area (Å²) < 4.78 is 21.8. The average Bonchev–Trinajstić information content (AvgIpc) is 3.42. The van der Waals surface area contributed by atoms with Gasteiger partial charge in [-0.25, -0.2) is 0 Å². The zero-order valence-electron chi connectivity index (χ0n) is 14.9. The Balaban J connectivity index is 1.76. The van der Waals surface area contributed by atoms with E-state index in [2.05, 4.69) is 0 Å². The van der Waals surface area contributed by atoms with Crippen LogP contribution in [0, 0.1) is 0 Å². The van der Waals surface area contributed by atoms with Gasteiger partial charge in [0.2, 0.25) is 12.7 Å². The van der Waals surface area contributed by atoms with Crippen molar-refractivity contribution in [1.29, 1.82) is 0 Å². The summed E-state index contributed by atoms with van der Waals surface area (Å²) in [5.41, 5.74) is 4.46. The number of nitrogens with zero attached hydrogens (tertiary/aromatic N) is 1. The molecule has 0 spiro atoms. The van der Waals surface area contributed by atoms with Crippen molar-refractivity contribution in [3.05, 3.63) is 60.1 Å². The fraction of sp³-hybridized carbons (Fsp3) is 0.190.